The predicted molar refractivity (Wildman–Crippen MR) is 67.2 cm³/mol. The first-order valence-corrected chi connectivity index (χ1v) is 6.63. The van der Waals surface area contributed by atoms with E-state index in [1.165, 1.54) is 6.07 Å². The minimum absolute atomic E-state index is 0.138. The minimum Gasteiger partial charge on any atom is -0.361 e. The maximum Gasteiger partial charge on any atom is 0.238 e. The highest BCUT2D eigenvalue weighted by atomic mass is 32.2. The van der Waals surface area contributed by atoms with Crippen LogP contribution in [0.3, 0.4) is 0 Å². The fourth-order valence-corrected chi connectivity index (χ4v) is 2.56. The zero-order valence-corrected chi connectivity index (χ0v) is 9.66. The molecule has 0 fully saturated rings. The Morgan fingerprint density at radius 2 is 1.76 bits per heavy atom. The predicted octanol–water partition coefficient (Wildman–Crippen LogP) is 1.97. The van der Waals surface area contributed by atoms with Gasteiger partial charge in [0.25, 0.3) is 0 Å². The first kappa shape index (κ1) is 10.3. The summed E-state index contributed by atoms with van der Waals surface area (Å²) in [6.45, 7) is 0. The number of aromatic nitrogens is 1. The Hall–Kier alpha value is -1.85. The molecule has 3 rings (SSSR count). The number of sulfonamides is 1. The number of nitrogens with one attached hydrogen (secondary N) is 1. The third-order valence-electron chi connectivity index (χ3n) is 2.85. The number of H-pyrrole nitrogens is 1. The SMILES string of the molecule is NS(=O)(=O)c1ccc2ccc3[nH]ccc3c2c1. The molecule has 0 aliphatic carbocycles. The van der Waals surface area contributed by atoms with Gasteiger partial charge in [-0.1, -0.05) is 12.1 Å². The van der Waals surface area contributed by atoms with Gasteiger partial charge in [0.1, 0.15) is 0 Å². The van der Waals surface area contributed by atoms with Crippen LogP contribution < -0.4 is 5.14 Å². The van der Waals surface area contributed by atoms with Gasteiger partial charge in [-0.15, -0.1) is 0 Å². The van der Waals surface area contributed by atoms with Gasteiger partial charge in [-0.25, -0.2) is 13.6 Å². The second-order valence-corrected chi connectivity index (χ2v) is 5.49. The monoisotopic (exact) mass is 246 g/mol. The van der Waals surface area contributed by atoms with Crippen molar-refractivity contribution >= 4 is 31.7 Å². The van der Waals surface area contributed by atoms with E-state index in [0.29, 0.717) is 0 Å². The van der Waals surface area contributed by atoms with Crippen LogP contribution in [0, 0.1) is 0 Å². The molecule has 0 bridgehead atoms. The zero-order valence-electron chi connectivity index (χ0n) is 8.84. The number of hydrogen-bond donors (Lipinski definition) is 2. The minimum atomic E-state index is -3.66. The molecule has 17 heavy (non-hydrogen) atoms. The average molecular weight is 246 g/mol. The molecule has 1 heterocycles. The number of primary sulfonamides is 1. The highest BCUT2D eigenvalue weighted by molar-refractivity contribution is 7.89. The lowest BCUT2D eigenvalue weighted by atomic mass is 10.1. The van der Waals surface area contributed by atoms with Crippen molar-refractivity contribution in [1.29, 1.82) is 0 Å². The fraction of sp³-hybridized carbons (Fsp3) is 0. The van der Waals surface area contributed by atoms with E-state index in [0.717, 1.165) is 21.7 Å². The van der Waals surface area contributed by atoms with Crippen molar-refractivity contribution in [3.63, 3.8) is 0 Å². The number of rotatable bonds is 1. The summed E-state index contributed by atoms with van der Waals surface area (Å²) in [5, 5.41) is 8.00. The van der Waals surface area contributed by atoms with E-state index in [2.05, 4.69) is 4.98 Å². The molecule has 0 spiro atoms. The van der Waals surface area contributed by atoms with Gasteiger partial charge in [0.15, 0.2) is 0 Å². The zero-order chi connectivity index (χ0) is 12.0. The van der Waals surface area contributed by atoms with E-state index >= 15 is 0 Å². The molecule has 0 aliphatic rings. The molecule has 0 radical (unpaired) electrons. The number of fused-ring (bicyclic) bond motifs is 3. The van der Waals surface area contributed by atoms with Crippen molar-refractivity contribution in [2.45, 2.75) is 4.90 Å². The molecule has 0 aliphatic heterocycles. The van der Waals surface area contributed by atoms with Crippen LogP contribution in [0.1, 0.15) is 0 Å². The molecule has 0 atom stereocenters. The summed E-state index contributed by atoms with van der Waals surface area (Å²) in [5.74, 6) is 0. The summed E-state index contributed by atoms with van der Waals surface area (Å²) in [6.07, 6.45) is 1.83. The fourth-order valence-electron chi connectivity index (χ4n) is 2.02. The summed E-state index contributed by atoms with van der Waals surface area (Å²) >= 11 is 0. The molecule has 3 N–H and O–H groups in total. The molecule has 86 valence electrons. The van der Waals surface area contributed by atoms with Crippen LogP contribution >= 0.6 is 0 Å². The highest BCUT2D eigenvalue weighted by Gasteiger charge is 2.09. The average Bonchev–Trinajstić information content (AvgIpc) is 2.75. The van der Waals surface area contributed by atoms with Gasteiger partial charge < -0.3 is 4.98 Å². The summed E-state index contributed by atoms with van der Waals surface area (Å²) in [5.41, 5.74) is 0.976. The Kier molecular flexibility index (Phi) is 2.01. The Bertz CT molecular complexity index is 819. The first-order valence-electron chi connectivity index (χ1n) is 5.08. The van der Waals surface area contributed by atoms with E-state index in [-0.39, 0.29) is 4.90 Å². The molecular formula is C12H10N2O2S. The van der Waals surface area contributed by atoms with Crippen LogP contribution in [0.15, 0.2) is 47.5 Å². The molecule has 3 aromatic rings. The van der Waals surface area contributed by atoms with Crippen molar-refractivity contribution in [2.75, 3.05) is 0 Å². The second kappa shape index (κ2) is 3.32. The van der Waals surface area contributed by atoms with Gasteiger partial charge in [0.2, 0.25) is 10.0 Å². The molecular weight excluding hydrogens is 236 g/mol. The maximum absolute atomic E-state index is 11.3. The van der Waals surface area contributed by atoms with Crippen LogP contribution in [-0.2, 0) is 10.0 Å². The van der Waals surface area contributed by atoms with Crippen molar-refractivity contribution < 1.29 is 8.42 Å². The van der Waals surface area contributed by atoms with E-state index in [9.17, 15) is 8.42 Å². The maximum atomic E-state index is 11.3. The highest BCUT2D eigenvalue weighted by Crippen LogP contribution is 2.26. The molecule has 0 saturated heterocycles. The molecule has 2 aromatic carbocycles. The quantitative estimate of drug-likeness (QED) is 0.688. The van der Waals surface area contributed by atoms with E-state index in [1.54, 1.807) is 12.1 Å². The molecule has 0 amide bonds. The first-order chi connectivity index (χ1) is 8.05. The Labute approximate surface area is 98.1 Å². The molecule has 1 aromatic heterocycles. The van der Waals surface area contributed by atoms with Crippen LogP contribution in [0.5, 0.6) is 0 Å². The normalized spacial score (nSPS) is 12.3. The van der Waals surface area contributed by atoms with Gasteiger partial charge in [0, 0.05) is 17.1 Å². The summed E-state index contributed by atoms with van der Waals surface area (Å²) in [7, 11) is -3.66. The van der Waals surface area contributed by atoms with Crippen molar-refractivity contribution in [1.82, 2.24) is 4.98 Å². The standard InChI is InChI=1S/C12H10N2O2S/c13-17(15,16)9-3-1-8-2-4-12-10(5-6-14-12)11(8)7-9/h1-7,14H,(H2,13,15,16). The summed E-state index contributed by atoms with van der Waals surface area (Å²) in [4.78, 5) is 3.23. The van der Waals surface area contributed by atoms with Crippen molar-refractivity contribution in [3.8, 4) is 0 Å². The molecule has 0 saturated carbocycles. The number of aromatic amines is 1. The topological polar surface area (TPSA) is 76.0 Å². The molecule has 5 heteroatoms. The van der Waals surface area contributed by atoms with Gasteiger partial charge in [-0.3, -0.25) is 0 Å². The lowest BCUT2D eigenvalue weighted by Crippen LogP contribution is -2.11. The number of nitrogens with two attached hydrogens (primary N) is 1. The Morgan fingerprint density at radius 1 is 1.00 bits per heavy atom. The van der Waals surface area contributed by atoms with E-state index in [4.69, 9.17) is 5.14 Å². The van der Waals surface area contributed by atoms with Crippen molar-refractivity contribution in [3.05, 3.63) is 42.6 Å². The van der Waals surface area contributed by atoms with Gasteiger partial charge in [-0.2, -0.15) is 0 Å². The van der Waals surface area contributed by atoms with Crippen LogP contribution in [-0.4, -0.2) is 13.4 Å². The molecule has 4 nitrogen and oxygen atoms in total. The van der Waals surface area contributed by atoms with E-state index < -0.39 is 10.0 Å². The summed E-state index contributed by atoms with van der Waals surface area (Å²) in [6, 6.07) is 10.7. The number of benzene rings is 2. The Morgan fingerprint density at radius 3 is 2.53 bits per heavy atom. The van der Waals surface area contributed by atoms with Crippen LogP contribution in [0.25, 0.3) is 21.7 Å². The van der Waals surface area contributed by atoms with Gasteiger partial charge in [0.05, 0.1) is 4.90 Å². The smallest absolute Gasteiger partial charge is 0.238 e. The third-order valence-corrected chi connectivity index (χ3v) is 3.76. The van der Waals surface area contributed by atoms with Crippen LogP contribution in [0.4, 0.5) is 0 Å². The number of hydrogen-bond acceptors (Lipinski definition) is 2. The molecule has 0 unspecified atom stereocenters. The second-order valence-electron chi connectivity index (χ2n) is 3.93. The largest absolute Gasteiger partial charge is 0.361 e. The third kappa shape index (κ3) is 1.60. The van der Waals surface area contributed by atoms with Gasteiger partial charge in [-0.05, 0) is 35.0 Å². The summed E-state index contributed by atoms with van der Waals surface area (Å²) < 4.78 is 22.6. The van der Waals surface area contributed by atoms with Gasteiger partial charge >= 0.3 is 0 Å². The lowest BCUT2D eigenvalue weighted by molar-refractivity contribution is 0.598. The Balaban J connectivity index is 2.48. The van der Waals surface area contributed by atoms with Crippen LogP contribution in [0.2, 0.25) is 0 Å². The van der Waals surface area contributed by atoms with E-state index in [1.807, 2.05) is 24.4 Å². The lowest BCUT2D eigenvalue weighted by Gasteiger charge is -2.03. The van der Waals surface area contributed by atoms with Crippen molar-refractivity contribution in [2.24, 2.45) is 5.14 Å².